The number of rotatable bonds is 1. The number of carbonyl (C=O) groups excluding carboxylic acids is 1. The highest BCUT2D eigenvalue weighted by atomic mass is 16.5. The van der Waals surface area contributed by atoms with Gasteiger partial charge in [0.2, 0.25) is 0 Å². The average Bonchev–Trinajstić information content (AvgIpc) is 2.23. The van der Waals surface area contributed by atoms with Crippen molar-refractivity contribution < 1.29 is 9.53 Å². The van der Waals surface area contributed by atoms with Crippen LogP contribution in [0.1, 0.15) is 32.6 Å². The lowest BCUT2D eigenvalue weighted by atomic mass is 9.89. The molecule has 1 saturated heterocycles. The van der Waals surface area contributed by atoms with Crippen LogP contribution in [0.5, 0.6) is 0 Å². The summed E-state index contributed by atoms with van der Waals surface area (Å²) in [4.78, 5) is 13.5. The van der Waals surface area contributed by atoms with Gasteiger partial charge in [0.05, 0.1) is 6.54 Å². The van der Waals surface area contributed by atoms with Gasteiger partial charge >= 0.3 is 5.97 Å². The van der Waals surface area contributed by atoms with Crippen molar-refractivity contribution in [2.24, 2.45) is 5.73 Å². The third-order valence-electron chi connectivity index (χ3n) is 3.57. The van der Waals surface area contributed by atoms with Crippen LogP contribution in [0.3, 0.4) is 0 Å². The van der Waals surface area contributed by atoms with E-state index in [9.17, 15) is 4.79 Å². The van der Waals surface area contributed by atoms with Crippen molar-refractivity contribution in [3.8, 4) is 0 Å². The number of nitrogens with two attached hydrogens (primary N) is 1. The largest absolute Gasteiger partial charge is 0.463 e. The fraction of sp³-hybridized carbons (Fsp3) is 0.909. The molecule has 3 unspecified atom stereocenters. The van der Waals surface area contributed by atoms with Gasteiger partial charge in [0.15, 0.2) is 0 Å². The van der Waals surface area contributed by atoms with E-state index >= 15 is 0 Å². The Labute approximate surface area is 90.8 Å². The lowest BCUT2D eigenvalue weighted by Gasteiger charge is -2.43. The molecule has 1 heterocycles. The van der Waals surface area contributed by atoms with Crippen molar-refractivity contribution in [2.45, 2.75) is 50.7 Å². The van der Waals surface area contributed by atoms with Gasteiger partial charge in [-0.05, 0) is 19.8 Å². The maximum atomic E-state index is 11.3. The van der Waals surface area contributed by atoms with E-state index in [0.29, 0.717) is 25.2 Å². The molecule has 4 heteroatoms. The molecule has 15 heavy (non-hydrogen) atoms. The van der Waals surface area contributed by atoms with Crippen LogP contribution < -0.4 is 5.73 Å². The molecular weight excluding hydrogens is 192 g/mol. The summed E-state index contributed by atoms with van der Waals surface area (Å²) in [6, 6.07) is 0.922. The van der Waals surface area contributed by atoms with Gasteiger partial charge in [0, 0.05) is 18.1 Å². The highest BCUT2D eigenvalue weighted by molar-refractivity contribution is 5.72. The Kier molecular flexibility index (Phi) is 3.26. The zero-order chi connectivity index (χ0) is 10.8. The molecule has 0 aromatic heterocycles. The van der Waals surface area contributed by atoms with Crippen LogP contribution in [0.4, 0.5) is 0 Å². The average molecular weight is 212 g/mol. The van der Waals surface area contributed by atoms with E-state index in [2.05, 4.69) is 11.8 Å². The number of carbonyl (C=O) groups is 1. The second-order valence-corrected chi connectivity index (χ2v) is 4.72. The maximum absolute atomic E-state index is 11.3. The van der Waals surface area contributed by atoms with Crippen molar-refractivity contribution >= 4 is 5.97 Å². The molecule has 0 spiro atoms. The van der Waals surface area contributed by atoms with Crippen molar-refractivity contribution in [1.82, 2.24) is 4.90 Å². The minimum atomic E-state index is -0.106. The fourth-order valence-corrected chi connectivity index (χ4v) is 2.66. The van der Waals surface area contributed by atoms with Crippen molar-refractivity contribution in [2.75, 3.05) is 13.2 Å². The Bertz CT molecular complexity index is 245. The Morgan fingerprint density at radius 1 is 1.40 bits per heavy atom. The number of nitrogens with zero attached hydrogens (tertiary/aromatic N) is 1. The molecule has 0 amide bonds. The molecule has 1 aliphatic carbocycles. The fourth-order valence-electron chi connectivity index (χ4n) is 2.66. The third kappa shape index (κ3) is 2.32. The summed E-state index contributed by atoms with van der Waals surface area (Å²) in [7, 11) is 0. The first-order chi connectivity index (χ1) is 7.18. The molecule has 2 aliphatic rings. The summed E-state index contributed by atoms with van der Waals surface area (Å²) in [5, 5.41) is 0. The van der Waals surface area contributed by atoms with Crippen molar-refractivity contribution in [1.29, 1.82) is 0 Å². The van der Waals surface area contributed by atoms with Gasteiger partial charge in [0.25, 0.3) is 0 Å². The molecule has 2 fully saturated rings. The number of cyclic esters (lactones) is 1. The second-order valence-electron chi connectivity index (χ2n) is 4.72. The van der Waals surface area contributed by atoms with Crippen molar-refractivity contribution in [3.63, 3.8) is 0 Å². The predicted molar refractivity (Wildman–Crippen MR) is 57.4 cm³/mol. The highest BCUT2D eigenvalue weighted by Gasteiger charge is 2.34. The molecule has 3 atom stereocenters. The van der Waals surface area contributed by atoms with Crippen LogP contribution in [-0.4, -0.2) is 42.1 Å². The Balaban J connectivity index is 2.03. The monoisotopic (exact) mass is 212 g/mol. The number of hydrogen-bond acceptors (Lipinski definition) is 4. The van der Waals surface area contributed by atoms with E-state index < -0.39 is 0 Å². The van der Waals surface area contributed by atoms with Gasteiger partial charge in [-0.2, -0.15) is 0 Å². The van der Waals surface area contributed by atoms with Crippen molar-refractivity contribution in [3.05, 3.63) is 0 Å². The molecular formula is C11H20N2O2. The molecule has 4 nitrogen and oxygen atoms in total. The second kappa shape index (κ2) is 4.49. The highest BCUT2D eigenvalue weighted by Crippen LogP contribution is 2.24. The van der Waals surface area contributed by atoms with E-state index in [1.165, 1.54) is 12.8 Å². The SMILES string of the molecule is CC1COC(=O)CN1C1CCCCC1N. The molecule has 0 radical (unpaired) electrons. The lowest BCUT2D eigenvalue weighted by Crippen LogP contribution is -2.57. The molecule has 86 valence electrons. The first kappa shape index (κ1) is 10.9. The van der Waals surface area contributed by atoms with Crippen LogP contribution in [0, 0.1) is 0 Å². The molecule has 1 saturated carbocycles. The van der Waals surface area contributed by atoms with E-state index in [0.717, 1.165) is 12.8 Å². The number of ether oxygens (including phenoxy) is 1. The Morgan fingerprint density at radius 2 is 2.13 bits per heavy atom. The minimum Gasteiger partial charge on any atom is -0.463 e. The first-order valence-corrected chi connectivity index (χ1v) is 5.85. The quantitative estimate of drug-likeness (QED) is 0.643. The van der Waals surface area contributed by atoms with Crippen LogP contribution in [-0.2, 0) is 9.53 Å². The molecule has 1 aliphatic heterocycles. The Morgan fingerprint density at radius 3 is 2.87 bits per heavy atom. The molecule has 0 bridgehead atoms. The summed E-state index contributed by atoms with van der Waals surface area (Å²) < 4.78 is 5.02. The van der Waals surface area contributed by atoms with Gasteiger partial charge in [-0.25, -0.2) is 0 Å². The van der Waals surface area contributed by atoms with E-state index in [-0.39, 0.29) is 12.0 Å². The number of esters is 1. The molecule has 2 N–H and O–H groups in total. The van der Waals surface area contributed by atoms with Gasteiger partial charge in [0.1, 0.15) is 6.61 Å². The van der Waals surface area contributed by atoms with Gasteiger partial charge in [-0.3, -0.25) is 9.69 Å². The summed E-state index contributed by atoms with van der Waals surface area (Å²) in [5.74, 6) is -0.106. The van der Waals surface area contributed by atoms with Gasteiger partial charge in [-0.15, -0.1) is 0 Å². The van der Waals surface area contributed by atoms with E-state index in [1.807, 2.05) is 0 Å². The smallest absolute Gasteiger partial charge is 0.320 e. The lowest BCUT2D eigenvalue weighted by molar-refractivity contribution is -0.156. The minimum absolute atomic E-state index is 0.106. The summed E-state index contributed by atoms with van der Waals surface area (Å²) in [6.45, 7) is 3.04. The van der Waals surface area contributed by atoms with Crippen LogP contribution in [0.25, 0.3) is 0 Å². The maximum Gasteiger partial charge on any atom is 0.320 e. The van der Waals surface area contributed by atoms with Crippen LogP contribution in [0.15, 0.2) is 0 Å². The summed E-state index contributed by atoms with van der Waals surface area (Å²) in [5.41, 5.74) is 6.12. The normalized spacial score (nSPS) is 38.8. The molecule has 0 aromatic rings. The topological polar surface area (TPSA) is 55.6 Å². The number of hydrogen-bond donors (Lipinski definition) is 1. The standard InChI is InChI=1S/C11H20N2O2/c1-8-7-15-11(14)6-13(8)10-5-3-2-4-9(10)12/h8-10H,2-7,12H2,1H3. The number of morpholine rings is 1. The summed E-state index contributed by atoms with van der Waals surface area (Å²) in [6.07, 6.45) is 4.67. The Hall–Kier alpha value is -0.610. The first-order valence-electron chi connectivity index (χ1n) is 5.85. The predicted octanol–water partition coefficient (Wildman–Crippen LogP) is 0.504. The van der Waals surface area contributed by atoms with Crippen LogP contribution in [0.2, 0.25) is 0 Å². The zero-order valence-electron chi connectivity index (χ0n) is 9.32. The van der Waals surface area contributed by atoms with E-state index in [1.54, 1.807) is 0 Å². The van der Waals surface area contributed by atoms with Gasteiger partial charge < -0.3 is 10.5 Å². The molecule has 2 rings (SSSR count). The zero-order valence-corrected chi connectivity index (χ0v) is 9.32. The van der Waals surface area contributed by atoms with E-state index in [4.69, 9.17) is 10.5 Å². The van der Waals surface area contributed by atoms with Crippen LogP contribution >= 0.6 is 0 Å². The molecule has 0 aromatic carbocycles. The summed E-state index contributed by atoms with van der Waals surface area (Å²) >= 11 is 0. The third-order valence-corrected chi connectivity index (χ3v) is 3.57. The van der Waals surface area contributed by atoms with Gasteiger partial charge in [-0.1, -0.05) is 12.8 Å².